The fourth-order valence-corrected chi connectivity index (χ4v) is 12.6. The number of hydrogen-bond donors (Lipinski definition) is 2. The molecule has 2 N–H and O–H groups in total. The number of benzene rings is 1. The number of carbonyl (C=O) groups excluding carboxylic acids is 6. The molecule has 6 amide bonds. The standard InChI is InChI=1S/C54H67N13O7/c1-34-43-31-56-53(59-48(43)66(38-5-3-4-6-38)52(73)47(34)35(2)68)57-45-11-8-40(30-55-45)63-27-23-61(24-28-63)33-37-15-19-65(20-16-37)54(74)64-17-13-36(14-18-64)32-60-21-25-62(26-22-60)39-7-9-41-42(29-39)51(72)67(50(41)71)44-10-12-46(69)58-49(44)70/h7-9,11,29-31,36-38,44H,3-6,10,12-28,32-33H2,1-2H3,(H,58,69,70)(H,55,56,57,59). The van der Waals surface area contributed by atoms with E-state index in [2.05, 4.69) is 51.1 Å². The molecule has 20 nitrogen and oxygen atoms in total. The molecular formula is C54H67N13O7. The van der Waals surface area contributed by atoms with Gasteiger partial charge in [0.2, 0.25) is 17.8 Å². The first-order chi connectivity index (χ1) is 35.9. The second kappa shape index (κ2) is 20.8. The highest BCUT2D eigenvalue weighted by Crippen LogP contribution is 2.34. The smallest absolute Gasteiger partial charge is 0.319 e. The Balaban J connectivity index is 0.589. The Hall–Kier alpha value is -6.80. The van der Waals surface area contributed by atoms with Crippen molar-refractivity contribution in [2.45, 2.75) is 90.1 Å². The summed E-state index contributed by atoms with van der Waals surface area (Å²) in [7, 11) is 0. The van der Waals surface area contributed by atoms with Crippen molar-refractivity contribution in [1.29, 1.82) is 0 Å². The Morgan fingerprint density at radius 3 is 1.85 bits per heavy atom. The van der Waals surface area contributed by atoms with Gasteiger partial charge in [0.25, 0.3) is 17.4 Å². The van der Waals surface area contributed by atoms with Crippen LogP contribution in [0.2, 0.25) is 0 Å². The van der Waals surface area contributed by atoms with Crippen molar-refractivity contribution in [2.75, 3.05) is 107 Å². The Morgan fingerprint density at radius 1 is 0.676 bits per heavy atom. The highest BCUT2D eigenvalue weighted by Gasteiger charge is 2.45. The van der Waals surface area contributed by atoms with Gasteiger partial charge in [0.1, 0.15) is 17.5 Å². The highest BCUT2D eigenvalue weighted by molar-refractivity contribution is 6.23. The molecule has 4 aromatic rings. The Morgan fingerprint density at radius 2 is 1.27 bits per heavy atom. The topological polar surface area (TPSA) is 210 Å². The van der Waals surface area contributed by atoms with Crippen molar-refractivity contribution >= 4 is 69.6 Å². The molecule has 1 saturated carbocycles. The molecule has 0 bridgehead atoms. The molecule has 0 spiro atoms. The number of anilines is 4. The van der Waals surface area contributed by atoms with E-state index in [1.54, 1.807) is 29.8 Å². The summed E-state index contributed by atoms with van der Waals surface area (Å²) in [6, 6.07) is 8.55. The maximum atomic E-state index is 13.7. The molecule has 3 aromatic heterocycles. The number of imide groups is 2. The van der Waals surface area contributed by atoms with Crippen LogP contribution in [0.15, 0.2) is 47.5 Å². The number of aromatic nitrogens is 4. The summed E-state index contributed by atoms with van der Waals surface area (Å²) in [6.45, 7) is 15.6. The lowest BCUT2D eigenvalue weighted by molar-refractivity contribution is -0.136. The van der Waals surface area contributed by atoms with Crippen LogP contribution in [-0.4, -0.2) is 177 Å². The summed E-state index contributed by atoms with van der Waals surface area (Å²) in [5.74, 6) is -0.164. The molecule has 6 fully saturated rings. The van der Waals surface area contributed by atoms with E-state index in [1.165, 1.54) is 6.92 Å². The monoisotopic (exact) mass is 1010 g/mol. The molecule has 9 heterocycles. The van der Waals surface area contributed by atoms with Gasteiger partial charge in [-0.05, 0) is 107 Å². The molecule has 390 valence electrons. The molecular weight excluding hydrogens is 943 g/mol. The summed E-state index contributed by atoms with van der Waals surface area (Å²) in [5, 5.41) is 6.20. The van der Waals surface area contributed by atoms with Gasteiger partial charge < -0.3 is 24.9 Å². The quantitative estimate of drug-likeness (QED) is 0.157. The zero-order valence-electron chi connectivity index (χ0n) is 42.6. The number of urea groups is 1. The van der Waals surface area contributed by atoms with Crippen LogP contribution in [0.5, 0.6) is 0 Å². The van der Waals surface area contributed by atoms with Crippen molar-refractivity contribution < 1.29 is 28.8 Å². The van der Waals surface area contributed by atoms with Gasteiger partial charge in [0.05, 0.1) is 28.6 Å². The van der Waals surface area contributed by atoms with Crippen molar-refractivity contribution in [3.8, 4) is 0 Å². The van der Waals surface area contributed by atoms with Crippen LogP contribution in [0, 0.1) is 18.8 Å². The number of Topliss-reactive ketones (excluding diaryl/α,β-unsaturated/α-hetero) is 1. The van der Waals surface area contributed by atoms with Crippen LogP contribution in [0.3, 0.4) is 0 Å². The predicted molar refractivity (Wildman–Crippen MR) is 278 cm³/mol. The van der Waals surface area contributed by atoms with Gasteiger partial charge in [-0.2, -0.15) is 4.98 Å². The van der Waals surface area contributed by atoms with Crippen LogP contribution in [0.1, 0.15) is 114 Å². The van der Waals surface area contributed by atoms with Crippen LogP contribution in [0.4, 0.5) is 27.9 Å². The molecule has 0 radical (unpaired) electrons. The maximum absolute atomic E-state index is 13.7. The zero-order valence-corrected chi connectivity index (χ0v) is 42.6. The third-order valence-corrected chi connectivity index (χ3v) is 16.9. The number of amides is 6. The lowest BCUT2D eigenvalue weighted by Gasteiger charge is -2.42. The average Bonchev–Trinajstić information content (AvgIpc) is 4.03. The SMILES string of the molecule is CC(=O)c1c(C)c2cnc(Nc3ccc(N4CCN(CC5CCN(C(=O)N6CCC(CN7CCN(c8ccc9c(c8)C(=O)N(C8CCC(=O)NC8=O)C9=O)CC7)CC6)CC5)CC4)cn3)nc2n(C2CCCC2)c1=O. The normalized spacial score (nSPS) is 22.0. The van der Waals surface area contributed by atoms with Gasteiger partial charge in [-0.15, -0.1) is 0 Å². The molecule has 11 rings (SSSR count). The van der Waals surface area contributed by atoms with E-state index < -0.39 is 29.7 Å². The number of ketones is 1. The number of pyridine rings is 2. The van der Waals surface area contributed by atoms with Crippen LogP contribution >= 0.6 is 0 Å². The number of carbonyl (C=O) groups is 6. The van der Waals surface area contributed by atoms with Crippen LogP contribution in [0.25, 0.3) is 11.0 Å². The Kier molecular flexibility index (Phi) is 13.9. The minimum absolute atomic E-state index is 0.00875. The number of nitrogens with one attached hydrogen (secondary N) is 2. The van der Waals surface area contributed by atoms with E-state index in [-0.39, 0.29) is 41.8 Å². The van der Waals surface area contributed by atoms with E-state index in [9.17, 15) is 33.6 Å². The molecule has 1 unspecified atom stereocenters. The van der Waals surface area contributed by atoms with Crippen molar-refractivity contribution in [3.05, 3.63) is 75.3 Å². The first-order valence-corrected chi connectivity index (χ1v) is 26.9. The summed E-state index contributed by atoms with van der Waals surface area (Å²) in [5.41, 5.74) is 3.65. The van der Waals surface area contributed by atoms with Crippen molar-refractivity contribution in [3.63, 3.8) is 0 Å². The number of piperazine rings is 2. The molecule has 1 aliphatic carbocycles. The average molecular weight is 1010 g/mol. The van der Waals surface area contributed by atoms with E-state index in [0.29, 0.717) is 51.3 Å². The summed E-state index contributed by atoms with van der Waals surface area (Å²) >= 11 is 0. The van der Waals surface area contributed by atoms with Crippen molar-refractivity contribution in [2.24, 2.45) is 11.8 Å². The minimum Gasteiger partial charge on any atom is -0.369 e. The second-order valence-corrected chi connectivity index (χ2v) is 21.5. The largest absolute Gasteiger partial charge is 0.369 e. The van der Waals surface area contributed by atoms with Gasteiger partial charge in [-0.25, -0.2) is 14.8 Å². The number of rotatable bonds is 11. The second-order valence-electron chi connectivity index (χ2n) is 21.5. The number of hydrogen-bond acceptors (Lipinski definition) is 15. The van der Waals surface area contributed by atoms with Crippen molar-refractivity contribution in [1.82, 2.24) is 49.3 Å². The van der Waals surface area contributed by atoms with E-state index in [1.807, 2.05) is 18.3 Å². The summed E-state index contributed by atoms with van der Waals surface area (Å²) in [6.07, 6.45) is 11.7. The summed E-state index contributed by atoms with van der Waals surface area (Å²) < 4.78 is 1.72. The highest BCUT2D eigenvalue weighted by atomic mass is 16.2. The molecule has 20 heteroatoms. The Bertz CT molecular complexity index is 2910. The predicted octanol–water partition coefficient (Wildman–Crippen LogP) is 4.45. The van der Waals surface area contributed by atoms with Crippen LogP contribution < -0.4 is 26.0 Å². The van der Waals surface area contributed by atoms with Gasteiger partial charge in [0, 0.05) is 121 Å². The molecule has 5 saturated heterocycles. The third-order valence-electron chi connectivity index (χ3n) is 16.9. The fourth-order valence-electron chi connectivity index (χ4n) is 12.6. The number of fused-ring (bicyclic) bond motifs is 2. The van der Waals surface area contributed by atoms with Gasteiger partial charge in [0.15, 0.2) is 5.78 Å². The first-order valence-electron chi connectivity index (χ1n) is 26.9. The molecule has 6 aliphatic heterocycles. The fraction of sp³-hybridized carbons (Fsp3) is 0.556. The van der Waals surface area contributed by atoms with E-state index >= 15 is 0 Å². The summed E-state index contributed by atoms with van der Waals surface area (Å²) in [4.78, 5) is 119. The van der Waals surface area contributed by atoms with E-state index in [4.69, 9.17) is 9.97 Å². The number of aryl methyl sites for hydroxylation is 1. The van der Waals surface area contributed by atoms with Gasteiger partial charge in [-0.3, -0.25) is 53.4 Å². The number of nitrogens with zero attached hydrogens (tertiary/aromatic N) is 11. The number of piperidine rings is 3. The minimum atomic E-state index is -0.979. The van der Waals surface area contributed by atoms with Gasteiger partial charge >= 0.3 is 6.03 Å². The molecule has 1 aromatic carbocycles. The molecule has 7 aliphatic rings. The lowest BCUT2D eigenvalue weighted by Crippen LogP contribution is -2.54. The third kappa shape index (κ3) is 9.85. The molecule has 1 atom stereocenters. The number of likely N-dealkylation sites (tertiary alicyclic amines) is 2. The van der Waals surface area contributed by atoms with Gasteiger partial charge in [-0.1, -0.05) is 12.8 Å². The maximum Gasteiger partial charge on any atom is 0.319 e. The first kappa shape index (κ1) is 49.4. The molecule has 74 heavy (non-hydrogen) atoms. The van der Waals surface area contributed by atoms with Crippen LogP contribution in [-0.2, 0) is 9.59 Å². The van der Waals surface area contributed by atoms with E-state index in [0.717, 1.165) is 159 Å². The zero-order chi connectivity index (χ0) is 51.2. The lowest BCUT2D eigenvalue weighted by atomic mass is 9.95. The Labute approximate surface area is 430 Å².